The molecule has 2 unspecified atom stereocenters. The minimum Gasteiger partial charge on any atom is -0.496 e. The summed E-state index contributed by atoms with van der Waals surface area (Å²) in [7, 11) is 1.72. The summed E-state index contributed by atoms with van der Waals surface area (Å²) in [6, 6.07) is 8.41. The summed E-state index contributed by atoms with van der Waals surface area (Å²) in [5.41, 5.74) is 7.63. The molecule has 2 rings (SSSR count). The average molecular weight is 292 g/mol. The number of nitrogens with zero attached hydrogens (tertiary/aromatic N) is 1. The van der Waals surface area contributed by atoms with Crippen LogP contribution in [-0.2, 0) is 4.74 Å². The van der Waals surface area contributed by atoms with Crippen LogP contribution in [0.5, 0.6) is 5.75 Å². The fourth-order valence-corrected chi connectivity index (χ4v) is 3.15. The Kier molecular flexibility index (Phi) is 5.25. The molecule has 1 saturated heterocycles. The number of nitrogens with two attached hydrogens (primary N) is 1. The molecule has 2 N–H and O–H groups in total. The molecule has 1 aliphatic heterocycles. The molecule has 0 saturated carbocycles. The quantitative estimate of drug-likeness (QED) is 0.906. The van der Waals surface area contributed by atoms with E-state index in [1.807, 2.05) is 12.1 Å². The second kappa shape index (κ2) is 6.77. The summed E-state index contributed by atoms with van der Waals surface area (Å²) in [5.74, 6) is 0.911. The van der Waals surface area contributed by atoms with E-state index in [-0.39, 0.29) is 17.6 Å². The molecule has 0 aromatic heterocycles. The molecule has 0 bridgehead atoms. The van der Waals surface area contributed by atoms with Crippen molar-refractivity contribution >= 4 is 0 Å². The molecule has 21 heavy (non-hydrogen) atoms. The standard InChI is InChI=1S/C17H28N2O2/c1-5-14(18)16(13-8-6-7-9-15(13)20-4)19-10-11-21-12-17(19,2)3/h6-9,14,16H,5,10-12,18H2,1-4H3. The Balaban J connectivity index is 2.43. The Morgan fingerprint density at radius 1 is 1.38 bits per heavy atom. The third-order valence-electron chi connectivity index (χ3n) is 4.38. The molecular weight excluding hydrogens is 264 g/mol. The molecule has 1 aromatic carbocycles. The summed E-state index contributed by atoms with van der Waals surface area (Å²) >= 11 is 0. The van der Waals surface area contributed by atoms with Crippen LogP contribution in [0.1, 0.15) is 38.8 Å². The van der Waals surface area contributed by atoms with Gasteiger partial charge in [0, 0.05) is 23.7 Å². The number of benzene rings is 1. The molecule has 0 amide bonds. The van der Waals surface area contributed by atoms with Crippen molar-refractivity contribution in [3.8, 4) is 5.75 Å². The van der Waals surface area contributed by atoms with Crippen molar-refractivity contribution in [3.63, 3.8) is 0 Å². The summed E-state index contributed by atoms with van der Waals surface area (Å²) in [6.45, 7) is 8.96. The SMILES string of the molecule is CCC(N)C(c1ccccc1OC)N1CCOCC1(C)C. The maximum Gasteiger partial charge on any atom is 0.123 e. The van der Waals surface area contributed by atoms with Crippen LogP contribution in [-0.4, -0.2) is 43.3 Å². The summed E-state index contributed by atoms with van der Waals surface area (Å²) in [6.07, 6.45) is 0.927. The van der Waals surface area contributed by atoms with Crippen LogP contribution in [0, 0.1) is 0 Å². The second-order valence-corrected chi connectivity index (χ2v) is 6.32. The molecule has 0 spiro atoms. The number of rotatable bonds is 5. The van der Waals surface area contributed by atoms with Crippen LogP contribution >= 0.6 is 0 Å². The number of para-hydroxylation sites is 1. The van der Waals surface area contributed by atoms with Gasteiger partial charge in [-0.15, -0.1) is 0 Å². The van der Waals surface area contributed by atoms with Crippen LogP contribution in [0.2, 0.25) is 0 Å². The van der Waals surface area contributed by atoms with E-state index in [0.717, 1.165) is 31.9 Å². The number of ether oxygens (including phenoxy) is 2. The molecule has 0 aliphatic carbocycles. The molecule has 1 fully saturated rings. The van der Waals surface area contributed by atoms with Crippen molar-refractivity contribution in [3.05, 3.63) is 29.8 Å². The molecule has 4 nitrogen and oxygen atoms in total. The lowest BCUT2D eigenvalue weighted by atomic mass is 9.90. The van der Waals surface area contributed by atoms with Gasteiger partial charge in [0.15, 0.2) is 0 Å². The Morgan fingerprint density at radius 3 is 2.71 bits per heavy atom. The molecule has 1 aromatic rings. The number of methoxy groups -OCH3 is 1. The van der Waals surface area contributed by atoms with E-state index < -0.39 is 0 Å². The Bertz CT molecular complexity index is 462. The van der Waals surface area contributed by atoms with Gasteiger partial charge >= 0.3 is 0 Å². The van der Waals surface area contributed by atoms with E-state index in [1.54, 1.807) is 7.11 Å². The summed E-state index contributed by atoms with van der Waals surface area (Å²) in [4.78, 5) is 2.47. The highest BCUT2D eigenvalue weighted by molar-refractivity contribution is 5.37. The molecule has 1 heterocycles. The van der Waals surface area contributed by atoms with Gasteiger partial charge in [-0.2, -0.15) is 0 Å². The largest absolute Gasteiger partial charge is 0.496 e. The highest BCUT2D eigenvalue weighted by atomic mass is 16.5. The fraction of sp³-hybridized carbons (Fsp3) is 0.647. The van der Waals surface area contributed by atoms with E-state index in [9.17, 15) is 0 Å². The molecule has 118 valence electrons. The van der Waals surface area contributed by atoms with Crippen molar-refractivity contribution in [1.29, 1.82) is 0 Å². The third kappa shape index (κ3) is 3.39. The zero-order valence-electron chi connectivity index (χ0n) is 13.6. The normalized spacial score (nSPS) is 21.8. The van der Waals surface area contributed by atoms with Gasteiger partial charge in [-0.1, -0.05) is 25.1 Å². The van der Waals surface area contributed by atoms with Crippen molar-refractivity contribution < 1.29 is 9.47 Å². The molecule has 4 heteroatoms. The van der Waals surface area contributed by atoms with Crippen molar-refractivity contribution in [2.24, 2.45) is 5.73 Å². The van der Waals surface area contributed by atoms with Crippen LogP contribution < -0.4 is 10.5 Å². The minimum absolute atomic E-state index is 0.0312. The van der Waals surface area contributed by atoms with E-state index >= 15 is 0 Å². The maximum atomic E-state index is 6.49. The molecule has 0 radical (unpaired) electrons. The van der Waals surface area contributed by atoms with Gasteiger partial charge < -0.3 is 15.2 Å². The summed E-state index contributed by atoms with van der Waals surface area (Å²) in [5, 5.41) is 0. The van der Waals surface area contributed by atoms with Crippen molar-refractivity contribution in [2.75, 3.05) is 26.9 Å². The van der Waals surface area contributed by atoms with Crippen LogP contribution in [0.25, 0.3) is 0 Å². The predicted molar refractivity (Wildman–Crippen MR) is 85.6 cm³/mol. The highest BCUT2D eigenvalue weighted by Gasteiger charge is 2.39. The highest BCUT2D eigenvalue weighted by Crippen LogP contribution is 2.37. The lowest BCUT2D eigenvalue weighted by molar-refractivity contribution is -0.0780. The van der Waals surface area contributed by atoms with Gasteiger partial charge in [0.25, 0.3) is 0 Å². The van der Waals surface area contributed by atoms with E-state index in [0.29, 0.717) is 0 Å². The maximum absolute atomic E-state index is 6.49. The lowest BCUT2D eigenvalue weighted by Crippen LogP contribution is -2.57. The van der Waals surface area contributed by atoms with Gasteiger partial charge in [-0.3, -0.25) is 4.90 Å². The predicted octanol–water partition coefficient (Wildman–Crippen LogP) is 2.58. The van der Waals surface area contributed by atoms with Crippen LogP contribution in [0.15, 0.2) is 24.3 Å². The first-order valence-electron chi connectivity index (χ1n) is 7.74. The first-order chi connectivity index (χ1) is 10.0. The third-order valence-corrected chi connectivity index (χ3v) is 4.38. The lowest BCUT2D eigenvalue weighted by Gasteiger charge is -2.48. The Labute approximate surface area is 128 Å². The Morgan fingerprint density at radius 2 is 2.10 bits per heavy atom. The van der Waals surface area contributed by atoms with E-state index in [4.69, 9.17) is 15.2 Å². The van der Waals surface area contributed by atoms with Gasteiger partial charge in [0.1, 0.15) is 5.75 Å². The van der Waals surface area contributed by atoms with Gasteiger partial charge in [0.05, 0.1) is 26.4 Å². The zero-order chi connectivity index (χ0) is 15.5. The van der Waals surface area contributed by atoms with Crippen LogP contribution in [0.4, 0.5) is 0 Å². The first-order valence-corrected chi connectivity index (χ1v) is 7.74. The van der Waals surface area contributed by atoms with Gasteiger partial charge in [-0.05, 0) is 26.3 Å². The van der Waals surface area contributed by atoms with E-state index in [1.165, 1.54) is 5.56 Å². The van der Waals surface area contributed by atoms with E-state index in [2.05, 4.69) is 37.8 Å². The number of hydrogen-bond acceptors (Lipinski definition) is 4. The smallest absolute Gasteiger partial charge is 0.123 e. The van der Waals surface area contributed by atoms with Crippen molar-refractivity contribution in [2.45, 2.75) is 44.8 Å². The monoisotopic (exact) mass is 292 g/mol. The number of morpholine rings is 1. The topological polar surface area (TPSA) is 47.7 Å². The van der Waals surface area contributed by atoms with Crippen LogP contribution in [0.3, 0.4) is 0 Å². The molecule has 1 aliphatic rings. The Hall–Kier alpha value is -1.10. The second-order valence-electron chi connectivity index (χ2n) is 6.32. The summed E-state index contributed by atoms with van der Waals surface area (Å²) < 4.78 is 11.2. The molecule has 2 atom stereocenters. The van der Waals surface area contributed by atoms with Crippen molar-refractivity contribution in [1.82, 2.24) is 4.90 Å². The van der Waals surface area contributed by atoms with Gasteiger partial charge in [-0.25, -0.2) is 0 Å². The van der Waals surface area contributed by atoms with Gasteiger partial charge in [0.2, 0.25) is 0 Å². The minimum atomic E-state index is -0.0312. The first kappa shape index (κ1) is 16.3. The number of hydrogen-bond donors (Lipinski definition) is 1. The zero-order valence-corrected chi connectivity index (χ0v) is 13.6. The molecular formula is C17H28N2O2. The average Bonchev–Trinajstić information content (AvgIpc) is 2.49. The fourth-order valence-electron chi connectivity index (χ4n) is 3.15.